The summed E-state index contributed by atoms with van der Waals surface area (Å²) < 4.78 is 17.9. The van der Waals surface area contributed by atoms with Crippen molar-refractivity contribution in [2.75, 3.05) is 13.7 Å². The Morgan fingerprint density at radius 3 is 2.75 bits per heavy atom. The lowest BCUT2D eigenvalue weighted by Crippen LogP contribution is -2.36. The number of carbonyl (C=O) groups is 3. The number of rotatable bonds is 3. The maximum absolute atomic E-state index is 13.5. The lowest BCUT2D eigenvalue weighted by molar-refractivity contribution is -0.143. The van der Waals surface area contributed by atoms with Gasteiger partial charge in [-0.3, -0.25) is 9.59 Å². The fraction of sp³-hybridized carbons (Fsp3) is 0.154. The summed E-state index contributed by atoms with van der Waals surface area (Å²) in [5, 5.41) is 2.28. The lowest BCUT2D eigenvalue weighted by Gasteiger charge is -2.08. The molecule has 1 aromatic carbocycles. The third-order valence-corrected chi connectivity index (χ3v) is 2.68. The SMILES string of the molecule is COC(=O)CN1C(=O)N/C(=C/c2ccccc2F)C1=O. The van der Waals surface area contributed by atoms with Crippen LogP contribution in [-0.2, 0) is 14.3 Å². The van der Waals surface area contributed by atoms with E-state index in [0.717, 1.165) is 7.11 Å². The van der Waals surface area contributed by atoms with Crippen molar-refractivity contribution in [3.05, 3.63) is 41.3 Å². The summed E-state index contributed by atoms with van der Waals surface area (Å²) in [6.45, 7) is -0.490. The van der Waals surface area contributed by atoms with E-state index in [1.165, 1.54) is 24.3 Å². The van der Waals surface area contributed by atoms with E-state index in [1.807, 2.05) is 0 Å². The first kappa shape index (κ1) is 13.7. The maximum atomic E-state index is 13.5. The molecule has 0 spiro atoms. The van der Waals surface area contributed by atoms with Gasteiger partial charge in [0.05, 0.1) is 7.11 Å². The van der Waals surface area contributed by atoms with Gasteiger partial charge in [0.25, 0.3) is 5.91 Å². The number of imide groups is 1. The van der Waals surface area contributed by atoms with Crippen LogP contribution in [0.3, 0.4) is 0 Å². The van der Waals surface area contributed by atoms with E-state index in [-0.39, 0.29) is 11.3 Å². The number of hydrogen-bond acceptors (Lipinski definition) is 4. The van der Waals surface area contributed by atoms with Crippen LogP contribution in [0.4, 0.5) is 9.18 Å². The van der Waals surface area contributed by atoms with Crippen LogP contribution in [0.25, 0.3) is 6.08 Å². The molecule has 1 saturated heterocycles. The van der Waals surface area contributed by atoms with Gasteiger partial charge in [0, 0.05) is 5.56 Å². The second-order valence-corrected chi connectivity index (χ2v) is 3.98. The summed E-state index contributed by atoms with van der Waals surface area (Å²) in [4.78, 5) is 35.3. The Balaban J connectivity index is 2.24. The van der Waals surface area contributed by atoms with E-state index in [1.54, 1.807) is 6.07 Å². The van der Waals surface area contributed by atoms with E-state index in [0.29, 0.717) is 4.90 Å². The number of urea groups is 1. The minimum Gasteiger partial charge on any atom is -0.468 e. The maximum Gasteiger partial charge on any atom is 0.329 e. The highest BCUT2D eigenvalue weighted by molar-refractivity contribution is 6.15. The van der Waals surface area contributed by atoms with Crippen LogP contribution in [-0.4, -0.2) is 36.5 Å². The number of ether oxygens (including phenoxy) is 1. The summed E-state index contributed by atoms with van der Waals surface area (Å²) in [6, 6.07) is 5.06. The van der Waals surface area contributed by atoms with E-state index in [9.17, 15) is 18.8 Å². The summed E-state index contributed by atoms with van der Waals surface area (Å²) in [6.07, 6.45) is 1.22. The molecule has 6 nitrogen and oxygen atoms in total. The summed E-state index contributed by atoms with van der Waals surface area (Å²) in [5.74, 6) is -1.95. The van der Waals surface area contributed by atoms with Gasteiger partial charge >= 0.3 is 12.0 Å². The van der Waals surface area contributed by atoms with Crippen molar-refractivity contribution in [1.29, 1.82) is 0 Å². The van der Waals surface area contributed by atoms with Crippen LogP contribution in [0.1, 0.15) is 5.56 Å². The fourth-order valence-corrected chi connectivity index (χ4v) is 1.66. The number of esters is 1. The van der Waals surface area contributed by atoms with Crippen molar-refractivity contribution >= 4 is 24.0 Å². The Morgan fingerprint density at radius 2 is 2.10 bits per heavy atom. The minimum atomic E-state index is -0.747. The van der Waals surface area contributed by atoms with Gasteiger partial charge in [0.1, 0.15) is 18.1 Å². The summed E-state index contributed by atoms with van der Waals surface area (Å²) in [7, 11) is 1.15. The van der Waals surface area contributed by atoms with Gasteiger partial charge in [-0.2, -0.15) is 0 Å². The molecule has 0 atom stereocenters. The molecule has 7 heteroatoms. The van der Waals surface area contributed by atoms with E-state index < -0.39 is 30.3 Å². The van der Waals surface area contributed by atoms with E-state index >= 15 is 0 Å². The van der Waals surface area contributed by atoms with Gasteiger partial charge in [0.2, 0.25) is 0 Å². The predicted molar refractivity (Wildman–Crippen MR) is 66.6 cm³/mol. The second kappa shape index (κ2) is 5.52. The molecule has 1 aliphatic rings. The largest absolute Gasteiger partial charge is 0.468 e. The third kappa shape index (κ3) is 2.66. The molecule has 1 N–H and O–H groups in total. The summed E-state index contributed by atoms with van der Waals surface area (Å²) in [5.41, 5.74) is 0.0695. The van der Waals surface area contributed by atoms with Crippen LogP contribution in [0.5, 0.6) is 0 Å². The highest BCUT2D eigenvalue weighted by Gasteiger charge is 2.35. The van der Waals surface area contributed by atoms with Crippen LogP contribution in [0, 0.1) is 5.82 Å². The van der Waals surface area contributed by atoms with Crippen molar-refractivity contribution in [2.45, 2.75) is 0 Å². The van der Waals surface area contributed by atoms with Crippen molar-refractivity contribution in [2.24, 2.45) is 0 Å². The van der Waals surface area contributed by atoms with Crippen molar-refractivity contribution < 1.29 is 23.5 Å². The standard InChI is InChI=1S/C13H11FN2O4/c1-20-11(17)7-16-12(18)10(15-13(16)19)6-8-4-2-3-5-9(8)14/h2-6H,7H2,1H3,(H,15,19)/b10-6+. The molecular formula is C13H11FN2O4. The molecule has 104 valence electrons. The molecule has 0 bridgehead atoms. The zero-order valence-corrected chi connectivity index (χ0v) is 10.6. The normalized spacial score (nSPS) is 16.5. The predicted octanol–water partition coefficient (Wildman–Crippen LogP) is 0.891. The van der Waals surface area contributed by atoms with Gasteiger partial charge in [0.15, 0.2) is 0 Å². The molecule has 1 aliphatic heterocycles. The lowest BCUT2D eigenvalue weighted by atomic mass is 10.2. The smallest absolute Gasteiger partial charge is 0.329 e. The highest BCUT2D eigenvalue weighted by atomic mass is 19.1. The zero-order chi connectivity index (χ0) is 14.7. The third-order valence-electron chi connectivity index (χ3n) is 2.68. The van der Waals surface area contributed by atoms with Crippen molar-refractivity contribution in [1.82, 2.24) is 10.2 Å². The Labute approximate surface area is 113 Å². The number of halogens is 1. The van der Waals surface area contributed by atoms with Crippen LogP contribution in [0.2, 0.25) is 0 Å². The molecule has 1 heterocycles. The van der Waals surface area contributed by atoms with Crippen molar-refractivity contribution in [3.63, 3.8) is 0 Å². The van der Waals surface area contributed by atoms with Crippen LogP contribution < -0.4 is 5.32 Å². The van der Waals surface area contributed by atoms with Gasteiger partial charge in [-0.15, -0.1) is 0 Å². The Morgan fingerprint density at radius 1 is 1.40 bits per heavy atom. The molecule has 0 radical (unpaired) electrons. The average molecular weight is 278 g/mol. The molecular weight excluding hydrogens is 267 g/mol. The fourth-order valence-electron chi connectivity index (χ4n) is 1.66. The Hall–Kier alpha value is -2.70. The number of carbonyl (C=O) groups excluding carboxylic acids is 3. The number of hydrogen-bond donors (Lipinski definition) is 1. The number of nitrogens with zero attached hydrogens (tertiary/aromatic N) is 1. The zero-order valence-electron chi connectivity index (χ0n) is 10.6. The molecule has 2 rings (SSSR count). The van der Waals surface area contributed by atoms with Gasteiger partial charge in [-0.1, -0.05) is 18.2 Å². The first-order chi connectivity index (χ1) is 9.52. The Kier molecular flexibility index (Phi) is 3.79. The highest BCUT2D eigenvalue weighted by Crippen LogP contribution is 2.15. The number of methoxy groups -OCH3 is 1. The quantitative estimate of drug-likeness (QED) is 0.506. The average Bonchev–Trinajstić information content (AvgIpc) is 2.69. The molecule has 1 aromatic rings. The van der Waals surface area contributed by atoms with Gasteiger partial charge in [-0.25, -0.2) is 14.1 Å². The molecule has 0 aromatic heterocycles. The molecule has 0 saturated carbocycles. The molecule has 3 amide bonds. The topological polar surface area (TPSA) is 75.7 Å². The second-order valence-electron chi connectivity index (χ2n) is 3.98. The molecule has 0 unspecified atom stereocenters. The minimum absolute atomic E-state index is 0.0935. The molecule has 0 aliphatic carbocycles. The first-order valence-electron chi connectivity index (χ1n) is 5.69. The first-order valence-corrected chi connectivity index (χ1v) is 5.69. The van der Waals surface area contributed by atoms with Crippen molar-refractivity contribution in [3.8, 4) is 0 Å². The van der Waals surface area contributed by atoms with E-state index in [4.69, 9.17) is 0 Å². The van der Waals surface area contributed by atoms with Gasteiger partial charge < -0.3 is 10.1 Å². The van der Waals surface area contributed by atoms with E-state index in [2.05, 4.69) is 10.1 Å². The monoisotopic (exact) mass is 278 g/mol. The summed E-state index contributed by atoms with van der Waals surface area (Å²) >= 11 is 0. The Bertz CT molecular complexity index is 612. The van der Waals surface area contributed by atoms with Crippen LogP contribution in [0.15, 0.2) is 30.0 Å². The molecule has 20 heavy (non-hydrogen) atoms. The molecule has 1 fully saturated rings. The number of benzene rings is 1. The van der Waals surface area contributed by atoms with Gasteiger partial charge in [-0.05, 0) is 12.1 Å². The van der Waals surface area contributed by atoms with Crippen LogP contribution >= 0.6 is 0 Å². The number of amides is 3. The number of nitrogens with one attached hydrogen (secondary N) is 1.